The van der Waals surface area contributed by atoms with Crippen molar-refractivity contribution in [2.45, 2.75) is 38.5 Å². The Balaban J connectivity index is 1.81. The number of unbranched alkanes of at least 4 members (excludes halogenated alkanes) is 3. The second-order valence-corrected chi connectivity index (χ2v) is 3.97. The second kappa shape index (κ2) is 6.44. The third kappa shape index (κ3) is 4.07. The number of likely N-dealkylation sites (tertiary alicyclic amines) is 1. The van der Waals surface area contributed by atoms with Crippen molar-refractivity contribution in [3.05, 3.63) is 0 Å². The fourth-order valence-corrected chi connectivity index (χ4v) is 2.03. The topological polar surface area (TPSA) is 32.1 Å². The molecule has 1 fully saturated rings. The fourth-order valence-electron chi connectivity index (χ4n) is 2.03. The highest BCUT2D eigenvalue weighted by atomic mass is 15.1. The SMILES string of the molecule is [NH3+]CCCCCC[NH+]1CCCC1. The van der Waals surface area contributed by atoms with Crippen LogP contribution in [0.3, 0.4) is 0 Å². The van der Waals surface area contributed by atoms with Gasteiger partial charge in [-0.05, 0) is 25.7 Å². The maximum atomic E-state index is 3.86. The van der Waals surface area contributed by atoms with Gasteiger partial charge in [0.2, 0.25) is 0 Å². The lowest BCUT2D eigenvalue weighted by molar-refractivity contribution is -0.887. The first-order chi connectivity index (χ1) is 5.93. The van der Waals surface area contributed by atoms with E-state index in [0.29, 0.717) is 0 Å². The molecule has 0 radical (unpaired) electrons. The molecular weight excluding hydrogens is 148 g/mol. The van der Waals surface area contributed by atoms with Crippen molar-refractivity contribution in [2.75, 3.05) is 26.2 Å². The molecule has 0 spiro atoms. The van der Waals surface area contributed by atoms with E-state index in [4.69, 9.17) is 0 Å². The standard InChI is InChI=1S/C10H22N2/c11-7-3-1-2-4-8-12-9-5-6-10-12/h1-11H2/p+2. The summed E-state index contributed by atoms with van der Waals surface area (Å²) in [6.45, 7) is 5.43. The van der Waals surface area contributed by atoms with Crippen molar-refractivity contribution in [2.24, 2.45) is 0 Å². The van der Waals surface area contributed by atoms with Gasteiger partial charge in [0.05, 0.1) is 26.2 Å². The van der Waals surface area contributed by atoms with Gasteiger partial charge in [0.1, 0.15) is 0 Å². The van der Waals surface area contributed by atoms with Gasteiger partial charge in [-0.3, -0.25) is 0 Å². The summed E-state index contributed by atoms with van der Waals surface area (Å²) in [4.78, 5) is 1.85. The van der Waals surface area contributed by atoms with Crippen molar-refractivity contribution in [3.63, 3.8) is 0 Å². The van der Waals surface area contributed by atoms with Crippen LogP contribution in [0.1, 0.15) is 38.5 Å². The van der Waals surface area contributed by atoms with Gasteiger partial charge in [-0.25, -0.2) is 0 Å². The molecule has 4 N–H and O–H groups in total. The summed E-state index contributed by atoms with van der Waals surface area (Å²) in [5.74, 6) is 0. The maximum Gasteiger partial charge on any atom is 0.0773 e. The Morgan fingerprint density at radius 2 is 1.58 bits per heavy atom. The van der Waals surface area contributed by atoms with E-state index in [-0.39, 0.29) is 0 Å². The quantitative estimate of drug-likeness (QED) is 0.505. The minimum atomic E-state index is 1.12. The minimum absolute atomic E-state index is 1.12. The zero-order valence-corrected chi connectivity index (χ0v) is 8.28. The molecule has 0 atom stereocenters. The summed E-state index contributed by atoms with van der Waals surface area (Å²) in [7, 11) is 0. The van der Waals surface area contributed by atoms with Crippen LogP contribution in [0.25, 0.3) is 0 Å². The highest BCUT2D eigenvalue weighted by Crippen LogP contribution is 1.96. The molecule has 0 aromatic heterocycles. The van der Waals surface area contributed by atoms with Gasteiger partial charge in [0.25, 0.3) is 0 Å². The van der Waals surface area contributed by atoms with Crippen LogP contribution in [-0.4, -0.2) is 26.2 Å². The molecule has 2 heteroatoms. The number of quaternary nitrogens is 2. The zero-order valence-electron chi connectivity index (χ0n) is 8.28. The maximum absolute atomic E-state index is 3.86. The van der Waals surface area contributed by atoms with E-state index in [2.05, 4.69) is 5.73 Å². The summed E-state index contributed by atoms with van der Waals surface area (Å²) >= 11 is 0. The monoisotopic (exact) mass is 172 g/mol. The van der Waals surface area contributed by atoms with Gasteiger partial charge in [-0.15, -0.1) is 0 Å². The second-order valence-electron chi connectivity index (χ2n) is 3.97. The summed E-state index contributed by atoms with van der Waals surface area (Å²) in [6, 6.07) is 0. The molecule has 0 aromatic carbocycles. The van der Waals surface area contributed by atoms with E-state index in [9.17, 15) is 0 Å². The van der Waals surface area contributed by atoms with Crippen LogP contribution in [0.2, 0.25) is 0 Å². The number of hydrogen-bond acceptors (Lipinski definition) is 0. The van der Waals surface area contributed by atoms with E-state index in [1.165, 1.54) is 58.2 Å². The summed E-state index contributed by atoms with van der Waals surface area (Å²) in [5.41, 5.74) is 3.86. The highest BCUT2D eigenvalue weighted by molar-refractivity contribution is 4.46. The minimum Gasteiger partial charge on any atom is -0.358 e. The van der Waals surface area contributed by atoms with Crippen LogP contribution in [-0.2, 0) is 0 Å². The van der Waals surface area contributed by atoms with Crippen LogP contribution >= 0.6 is 0 Å². The lowest BCUT2D eigenvalue weighted by Gasteiger charge is -2.10. The average molecular weight is 172 g/mol. The van der Waals surface area contributed by atoms with E-state index in [1.54, 1.807) is 0 Å². The molecule has 1 rings (SSSR count). The fraction of sp³-hybridized carbons (Fsp3) is 1.00. The predicted octanol–water partition coefficient (Wildman–Crippen LogP) is -0.533. The Morgan fingerprint density at radius 1 is 0.917 bits per heavy atom. The van der Waals surface area contributed by atoms with Gasteiger partial charge in [0, 0.05) is 12.8 Å². The largest absolute Gasteiger partial charge is 0.358 e. The molecule has 12 heavy (non-hydrogen) atoms. The van der Waals surface area contributed by atoms with Crippen LogP contribution in [0, 0.1) is 0 Å². The van der Waals surface area contributed by atoms with E-state index < -0.39 is 0 Å². The molecule has 0 aromatic rings. The smallest absolute Gasteiger partial charge is 0.0773 e. The van der Waals surface area contributed by atoms with Gasteiger partial charge in [0.15, 0.2) is 0 Å². The van der Waals surface area contributed by atoms with Gasteiger partial charge in [-0.2, -0.15) is 0 Å². The van der Waals surface area contributed by atoms with Crippen LogP contribution in [0.5, 0.6) is 0 Å². The third-order valence-corrected chi connectivity index (χ3v) is 2.84. The molecule has 0 aliphatic carbocycles. The Labute approximate surface area is 76.1 Å². The molecule has 72 valence electrons. The van der Waals surface area contributed by atoms with Crippen LogP contribution < -0.4 is 10.6 Å². The summed E-state index contributed by atoms with van der Waals surface area (Å²) in [5, 5.41) is 0. The lowest BCUT2D eigenvalue weighted by atomic mass is 10.2. The Kier molecular flexibility index (Phi) is 5.37. The molecule has 2 nitrogen and oxygen atoms in total. The molecule has 0 bridgehead atoms. The molecule has 0 saturated carbocycles. The van der Waals surface area contributed by atoms with Crippen LogP contribution in [0.4, 0.5) is 0 Å². The molecule has 1 aliphatic heterocycles. The molecule has 1 aliphatic rings. The van der Waals surface area contributed by atoms with Gasteiger partial charge in [-0.1, -0.05) is 0 Å². The van der Waals surface area contributed by atoms with Crippen LogP contribution in [0.15, 0.2) is 0 Å². The van der Waals surface area contributed by atoms with Crippen molar-refractivity contribution in [1.82, 2.24) is 0 Å². The normalized spacial score (nSPS) is 18.8. The van der Waals surface area contributed by atoms with E-state index in [1.807, 2.05) is 4.90 Å². The number of rotatable bonds is 6. The molecule has 1 saturated heterocycles. The number of nitrogens with one attached hydrogen (secondary N) is 1. The summed E-state index contributed by atoms with van der Waals surface area (Å²) in [6.07, 6.45) is 8.53. The Morgan fingerprint density at radius 3 is 2.25 bits per heavy atom. The van der Waals surface area contributed by atoms with Crippen molar-refractivity contribution in [3.8, 4) is 0 Å². The van der Waals surface area contributed by atoms with Crippen molar-refractivity contribution < 1.29 is 10.6 Å². The Bertz CT molecular complexity index is 98.0. The Hall–Kier alpha value is -0.0800. The van der Waals surface area contributed by atoms with Crippen molar-refractivity contribution >= 4 is 0 Å². The van der Waals surface area contributed by atoms with E-state index in [0.717, 1.165) is 6.54 Å². The molecular formula is C10H24N2+2. The molecule has 0 unspecified atom stereocenters. The molecule has 0 amide bonds. The van der Waals surface area contributed by atoms with E-state index >= 15 is 0 Å². The zero-order chi connectivity index (χ0) is 8.65. The van der Waals surface area contributed by atoms with Gasteiger partial charge < -0.3 is 10.6 Å². The third-order valence-electron chi connectivity index (χ3n) is 2.84. The lowest BCUT2D eigenvalue weighted by Crippen LogP contribution is -3.09. The first-order valence-corrected chi connectivity index (χ1v) is 5.56. The molecule has 1 heterocycles. The first-order valence-electron chi connectivity index (χ1n) is 5.56. The first kappa shape index (κ1) is 10.0. The summed E-state index contributed by atoms with van der Waals surface area (Å²) < 4.78 is 0. The highest BCUT2D eigenvalue weighted by Gasteiger charge is 2.13. The predicted molar refractivity (Wildman–Crippen MR) is 51.0 cm³/mol. The number of hydrogen-bond donors (Lipinski definition) is 2. The van der Waals surface area contributed by atoms with Gasteiger partial charge >= 0.3 is 0 Å². The average Bonchev–Trinajstić information content (AvgIpc) is 2.57. The van der Waals surface area contributed by atoms with Crippen molar-refractivity contribution in [1.29, 1.82) is 0 Å².